The van der Waals surface area contributed by atoms with E-state index in [1.54, 1.807) is 14.2 Å². The minimum absolute atomic E-state index is 0.556. The van der Waals surface area contributed by atoms with Crippen LogP contribution in [0.15, 0.2) is 18.2 Å². The van der Waals surface area contributed by atoms with E-state index in [-0.39, 0.29) is 0 Å². The summed E-state index contributed by atoms with van der Waals surface area (Å²) >= 11 is -0.556. The zero-order valence-corrected chi connectivity index (χ0v) is 12.0. The normalized spacial score (nSPS) is 11.2. The van der Waals surface area contributed by atoms with Crippen molar-refractivity contribution in [2.75, 3.05) is 14.2 Å². The number of methoxy groups -OCH3 is 2. The molecule has 0 unspecified atom stereocenters. The summed E-state index contributed by atoms with van der Waals surface area (Å²) in [7, 11) is 13.1. The molecule has 0 aromatic heterocycles. The molecular weight excluding hydrogens is 283 g/mol. The maximum atomic E-state index is 5.23. The predicted molar refractivity (Wildman–Crippen MR) is 63.7 cm³/mol. The van der Waals surface area contributed by atoms with Crippen molar-refractivity contribution in [3.05, 3.63) is 35.8 Å². The van der Waals surface area contributed by atoms with E-state index in [1.807, 2.05) is 30.7 Å². The van der Waals surface area contributed by atoms with Crippen LogP contribution in [0.5, 0.6) is 11.5 Å². The molecule has 0 spiro atoms. The summed E-state index contributed by atoms with van der Waals surface area (Å²) in [6, 6.07) is 3.84. The molecule has 2 rings (SSSR count). The molecule has 0 heterocycles. The number of hydrogen-bond acceptors (Lipinski definition) is 2. The molecule has 0 saturated carbocycles. The molecule has 1 aromatic rings. The molecule has 85 valence electrons. The second-order valence-electron chi connectivity index (χ2n) is 2.89. The fraction of sp³-hybridized carbons (Fsp3) is 0.182. The number of rotatable bonds is 2. The van der Waals surface area contributed by atoms with Crippen LogP contribution in [0, 0.1) is 6.42 Å². The third kappa shape index (κ3) is 3.17. The molecule has 2 nitrogen and oxygen atoms in total. The summed E-state index contributed by atoms with van der Waals surface area (Å²) in [6.45, 7) is 0. The zero-order chi connectivity index (χ0) is 12.0. The van der Waals surface area contributed by atoms with Gasteiger partial charge < -0.3 is 9.47 Å². The van der Waals surface area contributed by atoms with E-state index in [1.165, 1.54) is 0 Å². The van der Waals surface area contributed by atoms with Gasteiger partial charge in [0.05, 0.1) is 14.2 Å². The third-order valence-corrected chi connectivity index (χ3v) is 2.17. The van der Waals surface area contributed by atoms with Crippen molar-refractivity contribution >= 4 is 24.7 Å². The Kier molecular flexibility index (Phi) is 6.29. The van der Waals surface area contributed by atoms with Crippen LogP contribution in [-0.2, 0) is 17.0 Å². The van der Waals surface area contributed by atoms with Crippen LogP contribution < -0.4 is 9.47 Å². The Labute approximate surface area is 112 Å². The number of allylic oxidation sites excluding steroid dienone is 1. The summed E-state index contributed by atoms with van der Waals surface area (Å²) in [5.41, 5.74) is 2.20. The van der Waals surface area contributed by atoms with E-state index < -0.39 is 17.0 Å². The van der Waals surface area contributed by atoms with Gasteiger partial charge in [-0.1, -0.05) is 12.2 Å². The van der Waals surface area contributed by atoms with Gasteiger partial charge >= 0.3 is 35.6 Å². The molecule has 1 aliphatic rings. The van der Waals surface area contributed by atoms with Gasteiger partial charge in [-0.15, -0.1) is 0 Å². The quantitative estimate of drug-likeness (QED) is 0.775. The van der Waals surface area contributed by atoms with Gasteiger partial charge in [0.2, 0.25) is 0 Å². The second kappa shape index (κ2) is 7.23. The molecule has 0 bridgehead atoms. The van der Waals surface area contributed by atoms with Crippen LogP contribution in [0.1, 0.15) is 11.1 Å². The molecule has 1 aliphatic carbocycles. The Bertz CT molecular complexity index is 380. The molecule has 5 heteroatoms. The minimum atomic E-state index is -0.556. The fourth-order valence-corrected chi connectivity index (χ4v) is 1.54. The average molecular weight is 294 g/mol. The summed E-state index contributed by atoms with van der Waals surface area (Å²) < 4.78 is 10.5. The number of benzene rings is 1. The van der Waals surface area contributed by atoms with Gasteiger partial charge in [0, 0.05) is 17.5 Å². The van der Waals surface area contributed by atoms with E-state index in [9.17, 15) is 0 Å². The zero-order valence-electron chi connectivity index (χ0n) is 8.96. The van der Waals surface area contributed by atoms with Crippen LogP contribution >= 0.6 is 18.6 Å². The van der Waals surface area contributed by atoms with Crippen molar-refractivity contribution in [1.82, 2.24) is 0 Å². The number of hydrogen-bond donors (Lipinski definition) is 0. The molecule has 0 fully saturated rings. The molecule has 1 radical (unpaired) electrons. The van der Waals surface area contributed by atoms with Gasteiger partial charge in [-0.3, -0.25) is 0 Å². The third-order valence-electron chi connectivity index (χ3n) is 2.17. The van der Waals surface area contributed by atoms with Gasteiger partial charge in [0.25, 0.3) is 0 Å². The van der Waals surface area contributed by atoms with Crippen LogP contribution in [0.3, 0.4) is 0 Å². The standard InChI is InChI=1S/C11H11O2.2ClH.Ti/c1-12-10-6-7-11(13-2)9-5-3-4-8(9)10;;;/h3-7H,1-2H3;2*1H;/q;;;+2/p-2. The van der Waals surface area contributed by atoms with Crippen LogP contribution in [0.2, 0.25) is 0 Å². The topological polar surface area (TPSA) is 18.5 Å². The molecule has 1 aromatic carbocycles. The van der Waals surface area contributed by atoms with Gasteiger partial charge in [0.1, 0.15) is 11.5 Å². The Morgan fingerprint density at radius 2 is 1.50 bits per heavy atom. The van der Waals surface area contributed by atoms with Gasteiger partial charge in [-0.05, 0) is 12.1 Å². The van der Waals surface area contributed by atoms with Crippen LogP contribution in [0.4, 0.5) is 0 Å². The van der Waals surface area contributed by atoms with Gasteiger partial charge in [0.15, 0.2) is 0 Å². The van der Waals surface area contributed by atoms with E-state index in [2.05, 4.69) is 0 Å². The first-order valence-corrected chi connectivity index (χ1v) is 8.80. The Morgan fingerprint density at radius 3 is 2.00 bits per heavy atom. The summed E-state index contributed by atoms with van der Waals surface area (Å²) in [5.74, 6) is 1.78. The maximum absolute atomic E-state index is 5.23. The van der Waals surface area contributed by atoms with Crippen molar-refractivity contribution in [3.63, 3.8) is 0 Å². The second-order valence-corrected chi connectivity index (χ2v) is 5.47. The first-order chi connectivity index (χ1) is 7.78. The molecule has 0 atom stereocenters. The predicted octanol–water partition coefficient (Wildman–Crippen LogP) is 3.66. The Morgan fingerprint density at radius 1 is 1.00 bits per heavy atom. The number of fused-ring (bicyclic) bond motifs is 1. The van der Waals surface area contributed by atoms with E-state index in [0.29, 0.717) is 0 Å². The van der Waals surface area contributed by atoms with Crippen molar-refractivity contribution in [1.29, 1.82) is 0 Å². The molecule has 16 heavy (non-hydrogen) atoms. The Balaban J connectivity index is 0.000000386. The number of halogens is 2. The van der Waals surface area contributed by atoms with Gasteiger partial charge in [-0.25, -0.2) is 0 Å². The van der Waals surface area contributed by atoms with E-state index in [4.69, 9.17) is 28.1 Å². The summed E-state index contributed by atoms with van der Waals surface area (Å²) in [6.07, 6.45) is 6.04. The summed E-state index contributed by atoms with van der Waals surface area (Å²) in [4.78, 5) is 0. The molecule has 0 saturated heterocycles. The average Bonchev–Trinajstić information content (AvgIpc) is 2.77. The van der Waals surface area contributed by atoms with Crippen molar-refractivity contribution in [2.45, 2.75) is 0 Å². The van der Waals surface area contributed by atoms with Crippen LogP contribution in [0.25, 0.3) is 6.08 Å². The Hall–Kier alpha value is -0.146. The first kappa shape index (κ1) is 13.9. The van der Waals surface area contributed by atoms with Crippen molar-refractivity contribution < 1.29 is 26.5 Å². The fourth-order valence-electron chi connectivity index (χ4n) is 1.54. The SMILES string of the molecule is COc1ccc(OC)c2c1[CH]C=C2.[Cl][Ti][Cl]. The monoisotopic (exact) mass is 293 g/mol. The molecule has 0 amide bonds. The van der Waals surface area contributed by atoms with Crippen molar-refractivity contribution in [2.24, 2.45) is 0 Å². The van der Waals surface area contributed by atoms with Crippen molar-refractivity contribution in [3.8, 4) is 11.5 Å². The van der Waals surface area contributed by atoms with E-state index >= 15 is 0 Å². The number of ether oxygens (including phenoxy) is 2. The first-order valence-electron chi connectivity index (χ1n) is 4.51. The van der Waals surface area contributed by atoms with Gasteiger partial charge in [-0.2, -0.15) is 0 Å². The summed E-state index contributed by atoms with van der Waals surface area (Å²) in [5, 5.41) is 0. The van der Waals surface area contributed by atoms with Crippen LogP contribution in [-0.4, -0.2) is 14.2 Å². The molecule has 0 aliphatic heterocycles. The van der Waals surface area contributed by atoms with E-state index in [0.717, 1.165) is 22.6 Å². The molecule has 0 N–H and O–H groups in total. The molecular formula is C11H11Cl2O2Ti.